The lowest BCUT2D eigenvalue weighted by Crippen LogP contribution is -2.25. The predicted octanol–water partition coefficient (Wildman–Crippen LogP) is 7.63. The van der Waals surface area contributed by atoms with Gasteiger partial charge in [0.1, 0.15) is 6.61 Å². The van der Waals surface area contributed by atoms with Crippen molar-refractivity contribution in [2.45, 2.75) is 51.0 Å². The average Bonchev–Trinajstić information content (AvgIpc) is 2.76. The van der Waals surface area contributed by atoms with Crippen molar-refractivity contribution in [1.29, 1.82) is 0 Å². The monoisotopic (exact) mass is 550 g/mol. The number of benzene rings is 2. The number of carbonyl (C=O) groups excluding carboxylic acids is 2. The van der Waals surface area contributed by atoms with Crippen molar-refractivity contribution in [2.75, 3.05) is 0 Å². The number of fused-ring (bicyclic) bond motifs is 1. The molecule has 30 heavy (non-hydrogen) atoms. The topological polar surface area (TPSA) is 43.4 Å². The summed E-state index contributed by atoms with van der Waals surface area (Å²) in [6.45, 7) is 0.180. The van der Waals surface area contributed by atoms with Crippen LogP contribution in [0.3, 0.4) is 0 Å². The Kier molecular flexibility index (Phi) is 6.81. The van der Waals surface area contributed by atoms with Crippen LogP contribution in [0.15, 0.2) is 45.4 Å². The molecule has 6 heteroatoms. The fraction of sp³-hybridized carbons (Fsp3) is 0.333. The minimum absolute atomic E-state index is 0.0672. The molecule has 0 bridgehead atoms. The lowest BCUT2D eigenvalue weighted by atomic mass is 9.80. The van der Waals surface area contributed by atoms with Gasteiger partial charge in [0.25, 0.3) is 0 Å². The highest BCUT2D eigenvalue weighted by Gasteiger charge is 2.36. The van der Waals surface area contributed by atoms with E-state index < -0.39 is 5.92 Å². The summed E-state index contributed by atoms with van der Waals surface area (Å²) in [5, 5.41) is 0.641. The molecule has 1 atom stereocenters. The van der Waals surface area contributed by atoms with E-state index in [0.717, 1.165) is 44.9 Å². The minimum Gasteiger partial charge on any atom is -0.460 e. The summed E-state index contributed by atoms with van der Waals surface area (Å²) in [5.41, 5.74) is 4.53. The van der Waals surface area contributed by atoms with E-state index >= 15 is 0 Å². The first kappa shape index (κ1) is 21.8. The average molecular weight is 553 g/mol. The van der Waals surface area contributed by atoms with Crippen LogP contribution in [0.5, 0.6) is 0 Å². The number of allylic oxidation sites excluding steroid dienone is 2. The molecule has 3 nitrogen and oxygen atoms in total. The van der Waals surface area contributed by atoms with E-state index in [-0.39, 0.29) is 18.4 Å². The molecule has 4 rings (SSSR count). The first-order valence-electron chi connectivity index (χ1n) is 10.1. The van der Waals surface area contributed by atoms with Crippen molar-refractivity contribution >= 4 is 60.8 Å². The standard InChI is InChI=1S/C24H21Br2ClO3/c25-19-12-18(15-4-2-1-3-5-15)23(26)22-20(28)11-10-17(21(19)22)24(29)30-13-14-6-8-16(27)9-7-14/h4,6-9,12,17H,1-3,5,10-11,13H2. The van der Waals surface area contributed by atoms with E-state index in [0.29, 0.717) is 23.4 Å². The molecule has 2 aliphatic rings. The Morgan fingerprint density at radius 2 is 1.90 bits per heavy atom. The zero-order chi connectivity index (χ0) is 21.3. The number of carbonyl (C=O) groups is 2. The third-order valence-electron chi connectivity index (χ3n) is 5.76. The largest absolute Gasteiger partial charge is 0.460 e. The van der Waals surface area contributed by atoms with Crippen molar-refractivity contribution in [2.24, 2.45) is 0 Å². The Bertz CT molecular complexity index is 1030. The van der Waals surface area contributed by atoms with Crippen LogP contribution in [0.4, 0.5) is 0 Å². The lowest BCUT2D eigenvalue weighted by molar-refractivity contribution is -0.147. The van der Waals surface area contributed by atoms with E-state index in [4.69, 9.17) is 16.3 Å². The van der Waals surface area contributed by atoms with Crippen molar-refractivity contribution in [3.05, 3.63) is 72.6 Å². The molecular weight excluding hydrogens is 532 g/mol. The van der Waals surface area contributed by atoms with Crippen LogP contribution < -0.4 is 0 Å². The Hall–Kier alpha value is -1.43. The van der Waals surface area contributed by atoms with Gasteiger partial charge in [0.2, 0.25) is 0 Å². The second-order valence-corrected chi connectivity index (χ2v) is 9.82. The molecule has 2 aromatic carbocycles. The number of esters is 1. The molecule has 0 fully saturated rings. The second-order valence-electron chi connectivity index (χ2n) is 7.73. The van der Waals surface area contributed by atoms with Gasteiger partial charge in [0.05, 0.1) is 5.92 Å². The van der Waals surface area contributed by atoms with E-state index in [2.05, 4.69) is 37.9 Å². The molecule has 0 radical (unpaired) electrons. The maximum atomic E-state index is 13.0. The summed E-state index contributed by atoms with van der Waals surface area (Å²) in [6, 6.07) is 9.26. The normalized spacial score (nSPS) is 18.6. The summed E-state index contributed by atoms with van der Waals surface area (Å²) in [5.74, 6) is -0.710. The lowest BCUT2D eigenvalue weighted by Gasteiger charge is -2.27. The molecule has 0 amide bonds. The Labute approximate surface area is 198 Å². The first-order valence-corrected chi connectivity index (χ1v) is 12.1. The van der Waals surface area contributed by atoms with Gasteiger partial charge in [-0.15, -0.1) is 0 Å². The first-order chi connectivity index (χ1) is 14.5. The number of Topliss-reactive ketones (excluding diaryl/α,β-unsaturated/α-hetero) is 1. The van der Waals surface area contributed by atoms with Gasteiger partial charge < -0.3 is 4.74 Å². The number of rotatable bonds is 4. The molecule has 0 heterocycles. The summed E-state index contributed by atoms with van der Waals surface area (Å²) in [6.07, 6.45) is 7.47. The zero-order valence-electron chi connectivity index (χ0n) is 16.3. The van der Waals surface area contributed by atoms with Crippen LogP contribution in [0.1, 0.15) is 71.5 Å². The highest BCUT2D eigenvalue weighted by Crippen LogP contribution is 2.45. The molecule has 2 aliphatic carbocycles. The van der Waals surface area contributed by atoms with Gasteiger partial charge in [-0.3, -0.25) is 9.59 Å². The van der Waals surface area contributed by atoms with Gasteiger partial charge >= 0.3 is 5.97 Å². The van der Waals surface area contributed by atoms with Gasteiger partial charge in [0, 0.05) is 26.0 Å². The smallest absolute Gasteiger partial charge is 0.313 e. The van der Waals surface area contributed by atoms with Crippen molar-refractivity contribution in [3.63, 3.8) is 0 Å². The quantitative estimate of drug-likeness (QED) is 0.367. The maximum Gasteiger partial charge on any atom is 0.313 e. The van der Waals surface area contributed by atoms with Crippen LogP contribution in [-0.4, -0.2) is 11.8 Å². The van der Waals surface area contributed by atoms with Crippen molar-refractivity contribution < 1.29 is 14.3 Å². The fourth-order valence-electron chi connectivity index (χ4n) is 4.19. The number of halogens is 3. The van der Waals surface area contributed by atoms with Gasteiger partial charge in [-0.25, -0.2) is 0 Å². The Balaban J connectivity index is 1.63. The molecule has 1 unspecified atom stereocenters. The van der Waals surface area contributed by atoms with Crippen LogP contribution in [0.25, 0.3) is 5.57 Å². The van der Waals surface area contributed by atoms with E-state index in [1.807, 2.05) is 18.2 Å². The molecule has 0 aliphatic heterocycles. The summed E-state index contributed by atoms with van der Waals surface area (Å²) >= 11 is 13.3. The van der Waals surface area contributed by atoms with Crippen molar-refractivity contribution in [1.82, 2.24) is 0 Å². The molecule has 0 saturated carbocycles. The zero-order valence-corrected chi connectivity index (χ0v) is 20.3. The predicted molar refractivity (Wildman–Crippen MR) is 126 cm³/mol. The molecule has 156 valence electrons. The molecule has 0 aromatic heterocycles. The molecule has 0 saturated heterocycles. The van der Waals surface area contributed by atoms with Gasteiger partial charge in [0.15, 0.2) is 5.78 Å². The van der Waals surface area contributed by atoms with Crippen molar-refractivity contribution in [3.8, 4) is 0 Å². The van der Waals surface area contributed by atoms with Crippen LogP contribution in [-0.2, 0) is 16.1 Å². The summed E-state index contributed by atoms with van der Waals surface area (Å²) < 4.78 is 7.20. The third kappa shape index (κ3) is 4.44. The summed E-state index contributed by atoms with van der Waals surface area (Å²) in [4.78, 5) is 25.8. The van der Waals surface area contributed by atoms with Gasteiger partial charge in [-0.1, -0.05) is 45.7 Å². The number of hydrogen-bond acceptors (Lipinski definition) is 3. The molecule has 0 spiro atoms. The third-order valence-corrected chi connectivity index (χ3v) is 7.49. The van der Waals surface area contributed by atoms with E-state index in [1.54, 1.807) is 12.1 Å². The van der Waals surface area contributed by atoms with Crippen LogP contribution in [0, 0.1) is 0 Å². The Morgan fingerprint density at radius 1 is 1.13 bits per heavy atom. The number of ether oxygens (including phenoxy) is 1. The van der Waals surface area contributed by atoms with Crippen LogP contribution >= 0.6 is 43.5 Å². The molecular formula is C24H21Br2ClO3. The summed E-state index contributed by atoms with van der Waals surface area (Å²) in [7, 11) is 0. The fourth-order valence-corrected chi connectivity index (χ4v) is 5.82. The minimum atomic E-state index is -0.468. The SMILES string of the molecule is O=C1CCC(C(=O)OCc2ccc(Cl)cc2)c2c(Br)cc(C3=CCCCC3)c(Br)c21. The second kappa shape index (κ2) is 9.37. The highest BCUT2D eigenvalue weighted by atomic mass is 79.9. The number of ketones is 1. The molecule has 0 N–H and O–H groups in total. The van der Waals surface area contributed by atoms with Crippen LogP contribution in [0.2, 0.25) is 5.02 Å². The van der Waals surface area contributed by atoms with Gasteiger partial charge in [-0.2, -0.15) is 0 Å². The van der Waals surface area contributed by atoms with E-state index in [1.165, 1.54) is 12.0 Å². The Morgan fingerprint density at radius 3 is 2.60 bits per heavy atom. The van der Waals surface area contributed by atoms with Gasteiger partial charge in [-0.05, 0) is 88.5 Å². The maximum absolute atomic E-state index is 13.0. The number of hydrogen-bond donors (Lipinski definition) is 0. The highest BCUT2D eigenvalue weighted by molar-refractivity contribution is 9.11. The molecule has 2 aromatic rings. The van der Waals surface area contributed by atoms with E-state index in [9.17, 15) is 9.59 Å².